The van der Waals surface area contributed by atoms with Crippen molar-refractivity contribution in [1.29, 1.82) is 0 Å². The second-order valence-corrected chi connectivity index (χ2v) is 2.82. The second kappa shape index (κ2) is 8.64. The Kier molecular flexibility index (Phi) is 8.59. The van der Waals surface area contributed by atoms with Gasteiger partial charge in [0.2, 0.25) is 0 Å². The average molecular weight is 263 g/mol. The van der Waals surface area contributed by atoms with Crippen molar-refractivity contribution >= 4 is 29.8 Å². The summed E-state index contributed by atoms with van der Waals surface area (Å²) in [6.45, 7) is 2.17. The van der Waals surface area contributed by atoms with Gasteiger partial charge in [0.25, 0.3) is 23.8 Å². The molecule has 6 N–H and O–H groups in total. The van der Waals surface area contributed by atoms with Crippen molar-refractivity contribution in [1.82, 2.24) is 10.6 Å². The lowest BCUT2D eigenvalue weighted by molar-refractivity contribution is -0.135. The minimum Gasteiger partial charge on any atom is -0.481 e. The van der Waals surface area contributed by atoms with E-state index in [1.807, 2.05) is 10.6 Å². The third-order valence-electron chi connectivity index (χ3n) is 1.04. The number of barbiturate groups is 1. The van der Waals surface area contributed by atoms with Gasteiger partial charge in [0.15, 0.2) is 6.04 Å². The lowest BCUT2D eigenvalue weighted by Gasteiger charge is -2.15. The second-order valence-electron chi connectivity index (χ2n) is 2.82. The van der Waals surface area contributed by atoms with E-state index in [9.17, 15) is 14.4 Å². The average Bonchev–Trinajstić information content (AvgIpc) is 2.11. The molecule has 4 amide bonds. The maximum Gasteiger partial charge on any atom is 0.328 e. The highest BCUT2D eigenvalue weighted by molar-refractivity contribution is 6.18. The predicted molar refractivity (Wildman–Crippen MR) is 56.3 cm³/mol. The molecule has 1 fully saturated rings. The fourth-order valence-electron chi connectivity index (χ4n) is 0.530. The van der Waals surface area contributed by atoms with Crippen molar-refractivity contribution in [3.63, 3.8) is 0 Å². The van der Waals surface area contributed by atoms with Crippen LogP contribution in [0.3, 0.4) is 0 Å². The molecule has 0 saturated carbocycles. The van der Waals surface area contributed by atoms with Crippen molar-refractivity contribution in [2.24, 2.45) is 5.73 Å². The van der Waals surface area contributed by atoms with Crippen LogP contribution in [0.1, 0.15) is 13.8 Å². The number of hydrogen-bond acceptors (Lipinski definition) is 6. The number of hydrogen-bond donors (Lipinski definition) is 5. The summed E-state index contributed by atoms with van der Waals surface area (Å²) >= 11 is 0. The van der Waals surface area contributed by atoms with Crippen molar-refractivity contribution < 1.29 is 34.2 Å². The summed E-state index contributed by atoms with van der Waals surface area (Å²) in [6, 6.07) is -2.09. The Morgan fingerprint density at radius 3 is 1.44 bits per heavy atom. The molecule has 0 aromatic heterocycles. The minimum atomic E-state index is -1.27. The van der Waals surface area contributed by atoms with Gasteiger partial charge in [-0.15, -0.1) is 0 Å². The Labute approximate surface area is 101 Å². The summed E-state index contributed by atoms with van der Waals surface area (Å²) in [5.74, 6) is -3.21. The molecule has 0 aromatic carbocycles. The number of rotatable bonds is 0. The van der Waals surface area contributed by atoms with E-state index in [0.717, 1.165) is 13.8 Å². The number of carbonyl (C=O) groups excluding carboxylic acids is 3. The van der Waals surface area contributed by atoms with Crippen LogP contribution in [0.15, 0.2) is 0 Å². The third kappa shape index (κ3) is 11.6. The number of carboxylic acids is 2. The molecule has 10 heteroatoms. The Morgan fingerprint density at radius 1 is 1.00 bits per heavy atom. The van der Waals surface area contributed by atoms with Gasteiger partial charge in [-0.25, -0.2) is 4.79 Å². The lowest BCUT2D eigenvalue weighted by Crippen LogP contribution is -2.61. The molecular weight excluding hydrogens is 250 g/mol. The van der Waals surface area contributed by atoms with E-state index in [1.165, 1.54) is 0 Å². The summed E-state index contributed by atoms with van der Waals surface area (Å²) in [5.41, 5.74) is 5.01. The van der Waals surface area contributed by atoms with Crippen LogP contribution in [0.5, 0.6) is 0 Å². The highest BCUT2D eigenvalue weighted by Gasteiger charge is 2.30. The molecule has 0 aromatic rings. The number of aliphatic carboxylic acids is 2. The molecule has 1 rings (SSSR count). The summed E-state index contributed by atoms with van der Waals surface area (Å²) in [7, 11) is 0. The van der Waals surface area contributed by atoms with Crippen LogP contribution in [-0.2, 0) is 19.2 Å². The Bertz CT molecular complexity index is 326. The van der Waals surface area contributed by atoms with Crippen LogP contribution >= 0.6 is 0 Å². The molecular formula is C8H13N3O7. The van der Waals surface area contributed by atoms with Crippen LogP contribution in [0.2, 0.25) is 0 Å². The predicted octanol–water partition coefficient (Wildman–Crippen LogP) is -2.14. The summed E-state index contributed by atoms with van der Waals surface area (Å²) in [6.07, 6.45) is 0. The zero-order chi connectivity index (χ0) is 14.9. The topological polar surface area (TPSA) is 176 Å². The van der Waals surface area contributed by atoms with Crippen LogP contribution in [-0.4, -0.2) is 46.0 Å². The van der Waals surface area contributed by atoms with Crippen molar-refractivity contribution in [3.05, 3.63) is 0 Å². The standard InChI is InChI=1S/C4H5N3O3.2C2H4O2/c5-1-2(8)6-4(10)7-3(1)9;2*1-2(3)4/h1H,5H2,(H2,6,7,8,9,10);2*1H3,(H,3,4). The molecule has 0 bridgehead atoms. The Hall–Kier alpha value is -2.49. The number of nitrogens with two attached hydrogens (primary N) is 1. The van der Waals surface area contributed by atoms with E-state index in [1.54, 1.807) is 0 Å². The van der Waals surface area contributed by atoms with Crippen molar-refractivity contribution in [2.45, 2.75) is 19.9 Å². The van der Waals surface area contributed by atoms with Gasteiger partial charge in [0.05, 0.1) is 0 Å². The number of imide groups is 2. The molecule has 0 radical (unpaired) electrons. The van der Waals surface area contributed by atoms with Crippen LogP contribution < -0.4 is 16.4 Å². The summed E-state index contributed by atoms with van der Waals surface area (Å²) in [4.78, 5) is 49.3. The van der Waals surface area contributed by atoms with E-state index < -0.39 is 35.8 Å². The van der Waals surface area contributed by atoms with Gasteiger partial charge in [-0.05, 0) is 0 Å². The van der Waals surface area contributed by atoms with E-state index >= 15 is 0 Å². The maximum absolute atomic E-state index is 10.5. The maximum atomic E-state index is 10.5. The Morgan fingerprint density at radius 2 is 1.22 bits per heavy atom. The molecule has 0 spiro atoms. The van der Waals surface area contributed by atoms with Gasteiger partial charge in [0, 0.05) is 13.8 Å². The summed E-state index contributed by atoms with van der Waals surface area (Å²) in [5, 5.41) is 18.5. The third-order valence-corrected chi connectivity index (χ3v) is 1.04. The van der Waals surface area contributed by atoms with Gasteiger partial charge in [-0.3, -0.25) is 29.8 Å². The molecule has 1 aliphatic heterocycles. The molecule has 0 atom stereocenters. The van der Waals surface area contributed by atoms with Gasteiger partial charge in [-0.1, -0.05) is 0 Å². The fraction of sp³-hybridized carbons (Fsp3) is 0.375. The zero-order valence-corrected chi connectivity index (χ0v) is 9.59. The number of carboxylic acid groups (broad SMARTS) is 2. The van der Waals surface area contributed by atoms with Gasteiger partial charge >= 0.3 is 6.03 Å². The first kappa shape index (κ1) is 17.9. The largest absolute Gasteiger partial charge is 0.481 e. The van der Waals surface area contributed by atoms with Crippen LogP contribution in [0.25, 0.3) is 0 Å². The van der Waals surface area contributed by atoms with E-state index in [4.69, 9.17) is 25.5 Å². The van der Waals surface area contributed by atoms with Gasteiger partial charge < -0.3 is 15.9 Å². The number of carbonyl (C=O) groups is 5. The number of urea groups is 1. The quantitative estimate of drug-likeness (QED) is 0.307. The molecule has 1 heterocycles. The zero-order valence-electron chi connectivity index (χ0n) is 9.59. The molecule has 18 heavy (non-hydrogen) atoms. The monoisotopic (exact) mass is 263 g/mol. The molecule has 1 aliphatic rings. The summed E-state index contributed by atoms with van der Waals surface area (Å²) < 4.78 is 0. The Balaban J connectivity index is 0. The van der Waals surface area contributed by atoms with Gasteiger partial charge in [0.1, 0.15) is 0 Å². The SMILES string of the molecule is CC(=O)O.CC(=O)O.NC1C(=O)NC(=O)NC1=O. The highest BCUT2D eigenvalue weighted by Crippen LogP contribution is 1.85. The fourth-order valence-corrected chi connectivity index (χ4v) is 0.530. The van der Waals surface area contributed by atoms with E-state index in [0.29, 0.717) is 0 Å². The van der Waals surface area contributed by atoms with Crippen molar-refractivity contribution in [3.8, 4) is 0 Å². The van der Waals surface area contributed by atoms with Gasteiger partial charge in [-0.2, -0.15) is 0 Å². The smallest absolute Gasteiger partial charge is 0.328 e. The first-order valence-corrected chi connectivity index (χ1v) is 4.38. The lowest BCUT2D eigenvalue weighted by atomic mass is 10.2. The molecule has 0 unspecified atom stereocenters. The van der Waals surface area contributed by atoms with Crippen LogP contribution in [0.4, 0.5) is 4.79 Å². The molecule has 0 aliphatic carbocycles. The van der Waals surface area contributed by atoms with Crippen molar-refractivity contribution in [2.75, 3.05) is 0 Å². The first-order valence-electron chi connectivity index (χ1n) is 4.38. The minimum absolute atomic E-state index is 0.770. The number of nitrogens with one attached hydrogen (secondary N) is 2. The normalized spacial score (nSPS) is 14.1. The van der Waals surface area contributed by atoms with Crippen LogP contribution in [0, 0.1) is 0 Å². The van der Waals surface area contributed by atoms with E-state index in [2.05, 4.69) is 0 Å². The molecule has 1 saturated heterocycles. The number of amides is 4. The van der Waals surface area contributed by atoms with E-state index in [-0.39, 0.29) is 0 Å². The highest BCUT2D eigenvalue weighted by atomic mass is 16.4. The molecule has 102 valence electrons. The first-order chi connectivity index (χ1) is 8.07. The molecule has 10 nitrogen and oxygen atoms in total.